The van der Waals surface area contributed by atoms with E-state index in [1.54, 1.807) is 24.3 Å². The molecule has 0 radical (unpaired) electrons. The topological polar surface area (TPSA) is 99.5 Å². The third-order valence-corrected chi connectivity index (χ3v) is 6.71. The minimum absolute atomic E-state index is 0.0524. The van der Waals surface area contributed by atoms with Gasteiger partial charge in [0, 0.05) is 30.7 Å². The molecule has 0 aliphatic carbocycles. The van der Waals surface area contributed by atoms with Gasteiger partial charge in [-0.15, -0.1) is 0 Å². The number of carbonyl (C=O) groups excluding carboxylic acids is 2. The van der Waals surface area contributed by atoms with Crippen molar-refractivity contribution in [3.63, 3.8) is 0 Å². The van der Waals surface area contributed by atoms with Crippen molar-refractivity contribution in [2.45, 2.75) is 19.4 Å². The molecule has 8 nitrogen and oxygen atoms in total. The number of rotatable bonds is 8. The maximum absolute atomic E-state index is 13.2. The molecule has 0 bridgehead atoms. The number of likely N-dealkylation sites (tertiary alicyclic amines) is 1. The van der Waals surface area contributed by atoms with E-state index in [0.29, 0.717) is 48.6 Å². The lowest BCUT2D eigenvalue weighted by atomic mass is 9.95. The number of aliphatic hydroxyl groups is 1. The van der Waals surface area contributed by atoms with Gasteiger partial charge in [-0.3, -0.25) is 14.5 Å². The van der Waals surface area contributed by atoms with Gasteiger partial charge in [-0.05, 0) is 49.2 Å². The normalized spacial score (nSPS) is 20.4. The number of nitrogens with zero attached hydrogens (tertiary/aromatic N) is 2. The number of carbonyl (C=O) groups is 2. The highest BCUT2D eigenvalue weighted by molar-refractivity contribution is 9.10. The molecule has 2 aliphatic heterocycles. The van der Waals surface area contributed by atoms with Crippen LogP contribution < -0.4 is 4.74 Å². The lowest BCUT2D eigenvalue weighted by Crippen LogP contribution is -2.38. The Morgan fingerprint density at radius 1 is 1.14 bits per heavy atom. The fraction of sp³-hybridized carbons (Fsp3) is 0.385. The summed E-state index contributed by atoms with van der Waals surface area (Å²) in [7, 11) is 0. The zero-order valence-corrected chi connectivity index (χ0v) is 21.2. The molecule has 2 aliphatic rings. The number of ketones is 1. The van der Waals surface area contributed by atoms with Crippen LogP contribution in [0.4, 0.5) is 0 Å². The molecule has 1 atom stereocenters. The van der Waals surface area contributed by atoms with E-state index in [4.69, 9.17) is 9.47 Å². The highest BCUT2D eigenvalue weighted by Crippen LogP contribution is 2.42. The molecule has 2 fully saturated rings. The van der Waals surface area contributed by atoms with Crippen LogP contribution in [0.1, 0.15) is 30.5 Å². The number of benzene rings is 2. The first-order chi connectivity index (χ1) is 16.9. The predicted molar refractivity (Wildman–Crippen MR) is 134 cm³/mol. The minimum atomic E-state index is -0.807. The molecule has 2 heterocycles. The SMILES string of the molecule is CCOc1cccc(C2/C(=C(\O)c3cc(Br)ccc3O)C(=O)C(=O)N2CCCN2CCOCC2)c1. The van der Waals surface area contributed by atoms with E-state index in [9.17, 15) is 19.8 Å². The molecule has 0 spiro atoms. The average molecular weight is 545 g/mol. The van der Waals surface area contributed by atoms with E-state index in [0.717, 1.165) is 19.6 Å². The molecule has 1 amide bonds. The molecule has 0 aromatic heterocycles. The number of ether oxygens (including phenoxy) is 2. The molecule has 1 unspecified atom stereocenters. The van der Waals surface area contributed by atoms with Crippen LogP contribution in [0, 0.1) is 0 Å². The van der Waals surface area contributed by atoms with Gasteiger partial charge in [0.25, 0.3) is 11.7 Å². The maximum atomic E-state index is 13.2. The summed E-state index contributed by atoms with van der Waals surface area (Å²) in [5, 5.41) is 21.6. The molecule has 2 saturated heterocycles. The van der Waals surface area contributed by atoms with Gasteiger partial charge in [0.15, 0.2) is 0 Å². The van der Waals surface area contributed by atoms with E-state index in [2.05, 4.69) is 20.8 Å². The Morgan fingerprint density at radius 3 is 2.66 bits per heavy atom. The van der Waals surface area contributed by atoms with Crippen LogP contribution in [-0.4, -0.2) is 77.7 Å². The van der Waals surface area contributed by atoms with Gasteiger partial charge in [0.1, 0.15) is 17.3 Å². The third-order valence-electron chi connectivity index (χ3n) is 6.22. The fourth-order valence-electron chi connectivity index (χ4n) is 4.53. The van der Waals surface area contributed by atoms with Crippen molar-refractivity contribution in [1.82, 2.24) is 9.80 Å². The monoisotopic (exact) mass is 544 g/mol. The summed E-state index contributed by atoms with van der Waals surface area (Å²) in [6, 6.07) is 10.9. The Balaban J connectivity index is 1.72. The number of hydrogen-bond acceptors (Lipinski definition) is 7. The molecular weight excluding hydrogens is 516 g/mol. The second kappa shape index (κ2) is 11.2. The van der Waals surface area contributed by atoms with E-state index < -0.39 is 23.5 Å². The highest BCUT2D eigenvalue weighted by Gasteiger charge is 2.46. The lowest BCUT2D eigenvalue weighted by molar-refractivity contribution is -0.140. The van der Waals surface area contributed by atoms with Crippen molar-refractivity contribution >= 4 is 33.4 Å². The van der Waals surface area contributed by atoms with E-state index in [1.807, 2.05) is 13.0 Å². The highest BCUT2D eigenvalue weighted by atomic mass is 79.9. The van der Waals surface area contributed by atoms with Crippen LogP contribution >= 0.6 is 15.9 Å². The molecule has 2 aromatic carbocycles. The summed E-state index contributed by atoms with van der Waals surface area (Å²) in [6.07, 6.45) is 0.664. The van der Waals surface area contributed by atoms with Gasteiger partial charge in [-0.25, -0.2) is 0 Å². The first-order valence-corrected chi connectivity index (χ1v) is 12.5. The Labute approximate surface area is 212 Å². The van der Waals surface area contributed by atoms with Crippen molar-refractivity contribution in [1.29, 1.82) is 0 Å². The van der Waals surface area contributed by atoms with Crippen LogP contribution in [0.15, 0.2) is 52.5 Å². The van der Waals surface area contributed by atoms with E-state index in [1.165, 1.54) is 17.0 Å². The van der Waals surface area contributed by atoms with Crippen LogP contribution in [-0.2, 0) is 14.3 Å². The number of Topliss-reactive ketones (excluding diaryl/α,β-unsaturated/α-hetero) is 1. The summed E-state index contributed by atoms with van der Waals surface area (Å²) < 4.78 is 11.7. The van der Waals surface area contributed by atoms with Crippen molar-refractivity contribution < 1.29 is 29.3 Å². The lowest BCUT2D eigenvalue weighted by Gasteiger charge is -2.29. The second-order valence-corrected chi connectivity index (χ2v) is 9.38. The maximum Gasteiger partial charge on any atom is 0.295 e. The summed E-state index contributed by atoms with van der Waals surface area (Å²) in [6.45, 7) is 6.49. The van der Waals surface area contributed by atoms with Crippen molar-refractivity contribution in [2.24, 2.45) is 0 Å². The second-order valence-electron chi connectivity index (χ2n) is 8.47. The number of hydrogen-bond donors (Lipinski definition) is 2. The summed E-state index contributed by atoms with van der Waals surface area (Å²) in [5.74, 6) is -1.44. The first-order valence-electron chi connectivity index (χ1n) is 11.7. The van der Waals surface area contributed by atoms with Crippen molar-refractivity contribution in [2.75, 3.05) is 46.0 Å². The van der Waals surface area contributed by atoms with Gasteiger partial charge in [-0.1, -0.05) is 28.1 Å². The smallest absolute Gasteiger partial charge is 0.295 e. The molecule has 0 saturated carbocycles. The number of amides is 1. The van der Waals surface area contributed by atoms with E-state index in [-0.39, 0.29) is 16.9 Å². The number of halogens is 1. The molecule has 9 heteroatoms. The predicted octanol–water partition coefficient (Wildman–Crippen LogP) is 3.70. The largest absolute Gasteiger partial charge is 0.507 e. The Kier molecular flexibility index (Phi) is 8.10. The minimum Gasteiger partial charge on any atom is -0.507 e. The molecule has 35 heavy (non-hydrogen) atoms. The zero-order chi connectivity index (χ0) is 24.9. The average Bonchev–Trinajstić information content (AvgIpc) is 3.11. The number of morpholine rings is 1. The molecule has 2 aromatic rings. The third kappa shape index (κ3) is 5.52. The quantitative estimate of drug-likeness (QED) is 0.297. The summed E-state index contributed by atoms with van der Waals surface area (Å²) in [5.41, 5.74) is 0.678. The molecular formula is C26H29BrN2O6. The standard InChI is InChI=1S/C26H29BrN2O6/c1-2-35-19-6-3-5-17(15-19)23-22(24(31)20-16-18(27)7-8-21(20)30)25(32)26(33)29(23)10-4-9-28-11-13-34-14-12-28/h3,5-8,15-16,23,30-31H,2,4,9-14H2,1H3/b24-22+. The summed E-state index contributed by atoms with van der Waals surface area (Å²) >= 11 is 3.33. The summed E-state index contributed by atoms with van der Waals surface area (Å²) in [4.78, 5) is 30.2. The molecule has 4 rings (SSSR count). The molecule has 186 valence electrons. The van der Waals surface area contributed by atoms with E-state index >= 15 is 0 Å². The zero-order valence-electron chi connectivity index (χ0n) is 19.6. The van der Waals surface area contributed by atoms with Crippen LogP contribution in [0.5, 0.6) is 11.5 Å². The fourth-order valence-corrected chi connectivity index (χ4v) is 4.89. The number of phenols is 1. The number of aliphatic hydroxyl groups excluding tert-OH is 1. The van der Waals surface area contributed by atoms with Crippen molar-refractivity contribution in [3.05, 3.63) is 63.6 Å². The van der Waals surface area contributed by atoms with Crippen molar-refractivity contribution in [3.8, 4) is 11.5 Å². The number of aromatic hydroxyl groups is 1. The van der Waals surface area contributed by atoms with Gasteiger partial charge >= 0.3 is 0 Å². The van der Waals surface area contributed by atoms with Crippen LogP contribution in [0.3, 0.4) is 0 Å². The Bertz CT molecular complexity index is 1130. The van der Waals surface area contributed by atoms with Crippen LogP contribution in [0.25, 0.3) is 5.76 Å². The Hall–Kier alpha value is -2.88. The van der Waals surface area contributed by atoms with Crippen LogP contribution in [0.2, 0.25) is 0 Å². The number of phenolic OH excluding ortho intramolecular Hbond substituents is 1. The van der Waals surface area contributed by atoms with Gasteiger partial charge in [-0.2, -0.15) is 0 Å². The van der Waals surface area contributed by atoms with Gasteiger partial charge in [0.2, 0.25) is 0 Å². The Morgan fingerprint density at radius 2 is 1.91 bits per heavy atom. The van der Waals surface area contributed by atoms with Gasteiger partial charge < -0.3 is 24.6 Å². The first kappa shape index (κ1) is 25.2. The van der Waals surface area contributed by atoms with Gasteiger partial charge in [0.05, 0.1) is 37.0 Å². The molecule has 2 N–H and O–H groups in total.